The van der Waals surface area contributed by atoms with E-state index in [1.165, 1.54) is 27.8 Å². The standard InChI is InChI=1S/C23H16O/c24-21-14-20-22(15-8-2-1-3-9-15)18-12-6-7-13-19(18)23(20)17-11-5-4-10-16(17)21/h1-14,22,24H. The molecule has 4 aromatic carbocycles. The maximum atomic E-state index is 10.6. The summed E-state index contributed by atoms with van der Waals surface area (Å²) in [5.41, 5.74) is 6.30. The Balaban J connectivity index is 1.92. The molecule has 0 saturated carbocycles. The van der Waals surface area contributed by atoms with E-state index in [0.29, 0.717) is 5.75 Å². The highest BCUT2D eigenvalue weighted by atomic mass is 16.3. The molecule has 114 valence electrons. The van der Waals surface area contributed by atoms with Gasteiger partial charge in [-0.15, -0.1) is 0 Å². The summed E-state index contributed by atoms with van der Waals surface area (Å²) in [6.07, 6.45) is 0. The van der Waals surface area contributed by atoms with Crippen molar-refractivity contribution >= 4 is 10.8 Å². The minimum atomic E-state index is 0.174. The summed E-state index contributed by atoms with van der Waals surface area (Å²) in [4.78, 5) is 0. The zero-order valence-corrected chi connectivity index (χ0v) is 13.1. The van der Waals surface area contributed by atoms with Crippen molar-refractivity contribution in [1.82, 2.24) is 0 Å². The van der Waals surface area contributed by atoms with Gasteiger partial charge in [-0.1, -0.05) is 78.9 Å². The third-order valence-electron chi connectivity index (χ3n) is 5.04. The lowest BCUT2D eigenvalue weighted by Crippen LogP contribution is -1.98. The van der Waals surface area contributed by atoms with Gasteiger partial charge in [0.25, 0.3) is 0 Å². The van der Waals surface area contributed by atoms with E-state index in [2.05, 4.69) is 54.6 Å². The SMILES string of the molecule is Oc1cc2c(c3ccccc13)-c1ccccc1C2c1ccccc1. The number of phenols is 1. The number of phenolic OH excluding ortho intramolecular Hbond substituents is 1. The van der Waals surface area contributed by atoms with Crippen LogP contribution in [-0.4, -0.2) is 5.11 Å². The summed E-state index contributed by atoms with van der Waals surface area (Å²) in [6.45, 7) is 0. The fourth-order valence-corrected chi connectivity index (χ4v) is 4.05. The van der Waals surface area contributed by atoms with Crippen LogP contribution < -0.4 is 0 Å². The van der Waals surface area contributed by atoms with Gasteiger partial charge in [-0.3, -0.25) is 0 Å². The number of aromatic hydroxyl groups is 1. The van der Waals surface area contributed by atoms with E-state index in [1.807, 2.05) is 30.3 Å². The molecule has 1 N–H and O–H groups in total. The highest BCUT2D eigenvalue weighted by Crippen LogP contribution is 2.52. The molecule has 0 saturated heterocycles. The summed E-state index contributed by atoms with van der Waals surface area (Å²) in [6, 6.07) is 29.2. The van der Waals surface area contributed by atoms with Crippen LogP contribution >= 0.6 is 0 Å². The summed E-state index contributed by atoms with van der Waals surface area (Å²) in [5, 5.41) is 12.6. The van der Waals surface area contributed by atoms with E-state index in [0.717, 1.165) is 10.8 Å². The maximum absolute atomic E-state index is 10.6. The smallest absolute Gasteiger partial charge is 0.123 e. The van der Waals surface area contributed by atoms with E-state index >= 15 is 0 Å². The molecule has 0 aliphatic heterocycles. The lowest BCUT2D eigenvalue weighted by atomic mass is 9.88. The van der Waals surface area contributed by atoms with E-state index in [4.69, 9.17) is 0 Å². The van der Waals surface area contributed by atoms with Crippen molar-refractivity contribution in [3.63, 3.8) is 0 Å². The lowest BCUT2D eigenvalue weighted by Gasteiger charge is -2.15. The van der Waals surface area contributed by atoms with Crippen molar-refractivity contribution in [3.05, 3.63) is 102 Å². The number of benzene rings is 4. The first kappa shape index (κ1) is 13.4. The minimum Gasteiger partial charge on any atom is -0.507 e. The number of rotatable bonds is 1. The zero-order valence-electron chi connectivity index (χ0n) is 13.1. The molecule has 1 atom stereocenters. The summed E-state index contributed by atoms with van der Waals surface area (Å²) in [5.74, 6) is 0.533. The van der Waals surface area contributed by atoms with E-state index in [-0.39, 0.29) is 5.92 Å². The predicted octanol–water partition coefficient (Wildman–Crippen LogP) is 5.71. The van der Waals surface area contributed by atoms with Crippen molar-refractivity contribution in [2.45, 2.75) is 5.92 Å². The normalized spacial score (nSPS) is 15.2. The highest BCUT2D eigenvalue weighted by molar-refractivity contribution is 6.04. The topological polar surface area (TPSA) is 20.2 Å². The molecule has 1 aliphatic rings. The molecule has 0 amide bonds. The van der Waals surface area contributed by atoms with Crippen LogP contribution in [0.2, 0.25) is 0 Å². The molecule has 24 heavy (non-hydrogen) atoms. The molecular formula is C23H16O. The predicted molar refractivity (Wildman–Crippen MR) is 98.4 cm³/mol. The van der Waals surface area contributed by atoms with Gasteiger partial charge in [-0.05, 0) is 39.3 Å². The second kappa shape index (κ2) is 4.97. The summed E-state index contributed by atoms with van der Waals surface area (Å²) >= 11 is 0. The van der Waals surface area contributed by atoms with E-state index < -0.39 is 0 Å². The minimum absolute atomic E-state index is 0.174. The van der Waals surface area contributed by atoms with Gasteiger partial charge in [0.15, 0.2) is 0 Å². The molecule has 0 fully saturated rings. The largest absolute Gasteiger partial charge is 0.507 e. The molecule has 0 spiro atoms. The first-order chi connectivity index (χ1) is 11.8. The van der Waals surface area contributed by atoms with Crippen LogP contribution in [0.15, 0.2) is 84.9 Å². The van der Waals surface area contributed by atoms with E-state index in [1.54, 1.807) is 0 Å². The monoisotopic (exact) mass is 308 g/mol. The molecule has 1 unspecified atom stereocenters. The van der Waals surface area contributed by atoms with Crippen molar-refractivity contribution in [2.24, 2.45) is 0 Å². The second-order valence-corrected chi connectivity index (χ2v) is 6.34. The van der Waals surface area contributed by atoms with Gasteiger partial charge in [-0.25, -0.2) is 0 Å². The van der Waals surface area contributed by atoms with Crippen molar-refractivity contribution in [1.29, 1.82) is 0 Å². The summed E-state index contributed by atoms with van der Waals surface area (Å²) in [7, 11) is 0. The average Bonchev–Trinajstić information content (AvgIpc) is 2.97. The first-order valence-corrected chi connectivity index (χ1v) is 8.23. The van der Waals surface area contributed by atoms with Gasteiger partial charge in [-0.2, -0.15) is 0 Å². The van der Waals surface area contributed by atoms with Gasteiger partial charge in [0, 0.05) is 11.3 Å². The number of fused-ring (bicyclic) bond motifs is 5. The number of hydrogen-bond acceptors (Lipinski definition) is 1. The lowest BCUT2D eigenvalue weighted by molar-refractivity contribution is 0.481. The zero-order chi connectivity index (χ0) is 16.1. The quantitative estimate of drug-likeness (QED) is 0.421. The molecule has 0 bridgehead atoms. The Kier molecular flexibility index (Phi) is 2.77. The van der Waals surface area contributed by atoms with Crippen molar-refractivity contribution in [2.75, 3.05) is 0 Å². The average molecular weight is 308 g/mol. The molecule has 1 aliphatic carbocycles. The molecular weight excluding hydrogens is 292 g/mol. The van der Waals surface area contributed by atoms with Crippen molar-refractivity contribution < 1.29 is 5.11 Å². The fraction of sp³-hybridized carbons (Fsp3) is 0.0435. The Morgan fingerprint density at radius 1 is 0.625 bits per heavy atom. The molecule has 4 aromatic rings. The van der Waals surface area contributed by atoms with Gasteiger partial charge in [0.2, 0.25) is 0 Å². The van der Waals surface area contributed by atoms with Crippen LogP contribution in [0.3, 0.4) is 0 Å². The van der Waals surface area contributed by atoms with Crippen LogP contribution in [-0.2, 0) is 0 Å². The Labute approximate surface area is 140 Å². The van der Waals surface area contributed by atoms with Crippen LogP contribution in [0.25, 0.3) is 21.9 Å². The van der Waals surface area contributed by atoms with E-state index in [9.17, 15) is 5.11 Å². The molecule has 0 radical (unpaired) electrons. The van der Waals surface area contributed by atoms with Gasteiger partial charge < -0.3 is 5.11 Å². The molecule has 0 aromatic heterocycles. The van der Waals surface area contributed by atoms with Gasteiger partial charge in [0.1, 0.15) is 5.75 Å². The van der Waals surface area contributed by atoms with Crippen LogP contribution in [0, 0.1) is 0 Å². The first-order valence-electron chi connectivity index (χ1n) is 8.23. The second-order valence-electron chi connectivity index (χ2n) is 6.34. The van der Waals surface area contributed by atoms with Crippen LogP contribution in [0.4, 0.5) is 0 Å². The number of hydrogen-bond donors (Lipinski definition) is 1. The molecule has 5 rings (SSSR count). The Morgan fingerprint density at radius 2 is 1.29 bits per heavy atom. The van der Waals surface area contributed by atoms with Crippen molar-refractivity contribution in [3.8, 4) is 16.9 Å². The molecule has 1 nitrogen and oxygen atoms in total. The summed E-state index contributed by atoms with van der Waals surface area (Å²) < 4.78 is 0. The van der Waals surface area contributed by atoms with Gasteiger partial charge in [0.05, 0.1) is 0 Å². The third-order valence-corrected chi connectivity index (χ3v) is 5.04. The third kappa shape index (κ3) is 1.75. The fourth-order valence-electron chi connectivity index (χ4n) is 4.05. The highest BCUT2D eigenvalue weighted by Gasteiger charge is 2.31. The Hall–Kier alpha value is -3.06. The maximum Gasteiger partial charge on any atom is 0.123 e. The van der Waals surface area contributed by atoms with Gasteiger partial charge >= 0.3 is 0 Å². The molecule has 0 heterocycles. The molecule has 1 heteroatoms. The Morgan fingerprint density at radius 3 is 2.12 bits per heavy atom. The van der Waals surface area contributed by atoms with Crippen LogP contribution in [0.1, 0.15) is 22.6 Å². The van der Waals surface area contributed by atoms with Crippen LogP contribution in [0.5, 0.6) is 5.75 Å². The Bertz CT molecular complexity index is 1060.